The molecule has 4 saturated carbocycles. The first-order chi connectivity index (χ1) is 57.4. The number of hydrogen-bond acceptors (Lipinski definition) is 26. The van der Waals surface area contributed by atoms with Gasteiger partial charge >= 0.3 is 6.03 Å². The summed E-state index contributed by atoms with van der Waals surface area (Å²) in [6.45, 7) is 7.54. The van der Waals surface area contributed by atoms with Crippen molar-refractivity contribution >= 4 is 70.6 Å². The molecule has 642 valence electrons. The van der Waals surface area contributed by atoms with Crippen molar-refractivity contribution in [1.29, 1.82) is 0 Å². The van der Waals surface area contributed by atoms with Gasteiger partial charge in [-0.15, -0.1) is 0 Å². The number of ether oxygens (including phenoxy) is 6. The molecule has 6 aliphatic heterocycles. The Bertz CT molecular complexity index is 4870. The van der Waals surface area contributed by atoms with Crippen LogP contribution in [0.25, 0.3) is 11.1 Å². The van der Waals surface area contributed by atoms with Gasteiger partial charge in [0.1, 0.15) is 120 Å². The number of aliphatic hydroxyl groups is 5. The summed E-state index contributed by atoms with van der Waals surface area (Å²) in [5.74, 6) is -12.4. The van der Waals surface area contributed by atoms with E-state index >= 15 is 28.8 Å². The van der Waals surface area contributed by atoms with E-state index in [1.165, 1.54) is 50.4 Å². The lowest BCUT2D eigenvalue weighted by atomic mass is 9.54. The molecule has 14 atom stereocenters. The van der Waals surface area contributed by atoms with E-state index in [-0.39, 0.29) is 110 Å². The maximum atomic E-state index is 16.5. The maximum Gasteiger partial charge on any atom is 0.325 e. The smallest absolute Gasteiger partial charge is 0.325 e. The Hall–Kier alpha value is -11.1. The number of nitrogens with one attached hydrogen (secondary N) is 11. The van der Waals surface area contributed by atoms with Crippen molar-refractivity contribution in [1.82, 2.24) is 53.2 Å². The molecule has 6 aromatic rings. The van der Waals surface area contributed by atoms with E-state index in [0.29, 0.717) is 30.6 Å². The van der Waals surface area contributed by atoms with Crippen LogP contribution in [0.2, 0.25) is 5.02 Å². The summed E-state index contributed by atoms with van der Waals surface area (Å²) in [7, 11) is 3.22. The molecule has 6 heterocycles. The molecular weight excluding hydrogens is 1580 g/mol. The number of rotatable bonds is 21. The number of fused-ring (bicyclic) bond motifs is 15. The second-order valence-electron chi connectivity index (χ2n) is 32.0. The molecule has 0 aromatic heterocycles. The molecule has 10 aliphatic rings. The molecule has 1 saturated heterocycles. The van der Waals surface area contributed by atoms with Gasteiger partial charge in [-0.2, -0.15) is 0 Å². The lowest BCUT2D eigenvalue weighted by Gasteiger charge is -2.54. The van der Waals surface area contributed by atoms with Crippen LogP contribution in [0, 0.1) is 36.5 Å². The molecule has 0 radical (unpaired) electrons. The van der Waals surface area contributed by atoms with Crippen molar-refractivity contribution in [3.63, 3.8) is 0 Å². The van der Waals surface area contributed by atoms with E-state index in [0.717, 1.165) is 87.1 Å². The van der Waals surface area contributed by atoms with E-state index in [1.807, 2.05) is 20.8 Å². The SMILES string of the molecule is CCCCOc1ccc(OCCNC)cc1NC(=O)NC(=O)C[C@@H]1NC(=O)[C@H](NC(=O)[C@@H](CC(C)C)NC)[C@H](O)c2ccc(c(C)c2)Oc2cc3cc(c2O[C@@H]2O[C@H](CN)[C@@H](O)[C@H](O)[C@H]2O)Oc2ccc(cc2Cl)[C@@H](O)[C@@H]2NC(=O)[C@H](NC(=O)[C@@H]3NC1=O)c1ccc(O)c(c1)-c1c(O)cc(O)cc1[C@@H](C(=O)NC1C3CC4CC(C3)CC1C4)NC2=O. The third kappa shape index (κ3) is 19.0. The fourth-order valence-electron chi connectivity index (χ4n) is 17.1. The first-order valence-electron chi connectivity index (χ1n) is 40.1. The molecular formula is C84H101ClN12O23. The Kier molecular flexibility index (Phi) is 26.9. The molecule has 120 heavy (non-hydrogen) atoms. The van der Waals surface area contributed by atoms with Gasteiger partial charge < -0.3 is 128 Å². The number of aromatic hydroxyl groups is 3. The highest BCUT2D eigenvalue weighted by molar-refractivity contribution is 6.32. The van der Waals surface area contributed by atoms with Gasteiger partial charge in [-0.3, -0.25) is 43.7 Å². The van der Waals surface area contributed by atoms with Crippen LogP contribution in [0.15, 0.2) is 97.1 Å². The van der Waals surface area contributed by atoms with Crippen LogP contribution in [-0.4, -0.2) is 195 Å². The van der Waals surface area contributed by atoms with Gasteiger partial charge in [-0.25, -0.2) is 4.79 Å². The standard InChI is InChI=1S/C84H101ClN12O23/c1-7-8-18-116-58-16-12-47(115-19-17-87-5)33-51(58)90-84(114)91-62(101)34-53-77(108)93-66-45-29-59(117-56-14-10-41(21-37(56)4)70(102)68(81(112)89-53)96-76(107)52(88-6)20-36(2)3)75(120-83-74(106)73(105)72(104)61(35-86)119-83)60(30-45)118-57-15-11-42(28-50(57)85)71(103)69-82(113)95-67(80(111)92-64-43-23-38-22-39(25-43)26-44(64)24-38)49-31-46(98)32-55(100)63(49)48-27-40(9-13-54(48)99)65(78(109)97-69)94-79(66)110/h9-16,21,27-33,36,38-39,43-44,52-53,61,64-74,83,87-88,98-100,102-106H,7-8,17-20,22-26,34-35,86H2,1-6H3,(H,89,112)(H,92,111)(H,93,108)(H,94,110)(H,95,113)(H,96,107)(H,97,109)(H2,90,91,101,114)/t38?,39?,43?,44?,52-,53+,61-,64?,65-,66-,67+,68-,69+,70-,71-,72-,73+,74-,83+/m1/s1. The number of imide groups is 1. The first-order valence-corrected chi connectivity index (χ1v) is 40.5. The lowest BCUT2D eigenvalue weighted by Crippen LogP contribution is -2.60. The van der Waals surface area contributed by atoms with Crippen molar-refractivity contribution < 1.29 is 112 Å². The van der Waals surface area contributed by atoms with Gasteiger partial charge in [0.15, 0.2) is 11.5 Å². The van der Waals surface area contributed by atoms with E-state index in [9.17, 15) is 55.2 Å². The van der Waals surface area contributed by atoms with Gasteiger partial charge in [0, 0.05) is 42.4 Å². The number of carbonyl (C=O) groups is 9. The van der Waals surface area contributed by atoms with Crippen LogP contribution in [0.1, 0.15) is 142 Å². The number of anilines is 1. The average Bonchev–Trinajstić information content (AvgIpc) is 0.750. The number of aryl methyl sites for hydroxylation is 1. The fourth-order valence-corrected chi connectivity index (χ4v) is 17.3. The van der Waals surface area contributed by atoms with Crippen molar-refractivity contribution in [3.8, 4) is 68.6 Å². The van der Waals surface area contributed by atoms with E-state index < -0.39 is 192 Å². The summed E-state index contributed by atoms with van der Waals surface area (Å²) < 4.78 is 37.8. The zero-order valence-corrected chi connectivity index (χ0v) is 67.4. The summed E-state index contributed by atoms with van der Waals surface area (Å²) >= 11 is 7.21. The van der Waals surface area contributed by atoms with Crippen LogP contribution in [0.5, 0.6) is 57.5 Å². The second kappa shape index (κ2) is 37.3. The average molecular weight is 1680 g/mol. The van der Waals surface area contributed by atoms with E-state index in [4.69, 9.17) is 45.8 Å². The molecule has 0 spiro atoms. The topological polar surface area (TPSA) is 529 Å². The molecule has 36 heteroatoms. The van der Waals surface area contributed by atoms with Crippen molar-refractivity contribution in [2.45, 2.75) is 177 Å². The van der Waals surface area contributed by atoms with Crippen LogP contribution < -0.4 is 87.9 Å². The largest absolute Gasteiger partial charge is 0.508 e. The number of aliphatic hydroxyl groups excluding tert-OH is 5. The molecule has 35 nitrogen and oxygen atoms in total. The fraction of sp³-hybridized carbons (Fsp3) is 0.464. The number of amides is 10. The van der Waals surface area contributed by atoms with Crippen LogP contribution >= 0.6 is 11.6 Å². The first kappa shape index (κ1) is 86.7. The zero-order chi connectivity index (χ0) is 85.8. The minimum atomic E-state index is -2.36. The summed E-state index contributed by atoms with van der Waals surface area (Å²) in [6, 6.07) is 4.17. The van der Waals surface area contributed by atoms with Crippen LogP contribution in [0.4, 0.5) is 10.5 Å². The number of halogens is 1. The number of likely N-dealkylation sites (N-methyl/N-ethyl adjacent to an activating group) is 2. The maximum absolute atomic E-state index is 16.5. The highest BCUT2D eigenvalue weighted by Gasteiger charge is 2.51. The van der Waals surface area contributed by atoms with Gasteiger partial charge in [0.2, 0.25) is 59.3 Å². The van der Waals surface area contributed by atoms with Crippen molar-refractivity contribution in [2.24, 2.45) is 35.3 Å². The third-order valence-electron chi connectivity index (χ3n) is 23.1. The molecule has 21 N–H and O–H groups in total. The van der Waals surface area contributed by atoms with Crippen molar-refractivity contribution in [3.05, 3.63) is 135 Å². The highest BCUT2D eigenvalue weighted by Crippen LogP contribution is 2.55. The summed E-state index contributed by atoms with van der Waals surface area (Å²) in [6.07, 6.45) is -8.70. The summed E-state index contributed by atoms with van der Waals surface area (Å²) in [5.41, 5.74) is 4.26. The van der Waals surface area contributed by atoms with Gasteiger partial charge in [0.25, 0.3) is 0 Å². The van der Waals surface area contributed by atoms with Crippen molar-refractivity contribution in [2.75, 3.05) is 45.7 Å². The molecule has 5 fully saturated rings. The van der Waals surface area contributed by atoms with Gasteiger partial charge in [0.05, 0.1) is 29.8 Å². The minimum Gasteiger partial charge on any atom is -0.508 e. The van der Waals surface area contributed by atoms with Crippen LogP contribution in [-0.2, 0) is 43.1 Å². The second-order valence-corrected chi connectivity index (χ2v) is 32.4. The predicted molar refractivity (Wildman–Crippen MR) is 430 cm³/mol. The number of benzene rings is 6. The number of urea groups is 1. The number of nitrogens with two attached hydrogens (primary N) is 1. The Morgan fingerprint density at radius 3 is 1.98 bits per heavy atom. The Balaban J connectivity index is 0.987. The van der Waals surface area contributed by atoms with E-state index in [1.54, 1.807) is 19.2 Å². The number of phenols is 3. The molecule has 15 bridgehead atoms. The number of unbranched alkanes of at least 4 members (excludes halogenated alkanes) is 1. The third-order valence-corrected chi connectivity index (χ3v) is 23.3. The highest BCUT2D eigenvalue weighted by atomic mass is 35.5. The van der Waals surface area contributed by atoms with Crippen LogP contribution in [0.3, 0.4) is 0 Å². The molecule has 0 unspecified atom stereocenters. The zero-order valence-electron chi connectivity index (χ0n) is 66.6. The van der Waals surface area contributed by atoms with Gasteiger partial charge in [-0.1, -0.05) is 57.0 Å². The lowest BCUT2D eigenvalue weighted by molar-refractivity contribution is -0.270. The number of carbonyl (C=O) groups excluding carboxylic acids is 9. The Morgan fingerprint density at radius 1 is 0.650 bits per heavy atom. The Morgan fingerprint density at radius 2 is 1.32 bits per heavy atom. The molecule has 4 aliphatic carbocycles. The number of hydrogen-bond donors (Lipinski definition) is 20. The predicted octanol–water partition coefficient (Wildman–Crippen LogP) is 3.99. The van der Waals surface area contributed by atoms with Gasteiger partial charge in [-0.05, 0) is 196 Å². The molecule has 10 amide bonds. The molecule has 16 rings (SSSR count). The normalized spacial score (nSPS) is 27.2. The number of phenolic OH excluding ortho intramolecular Hbond substituents is 3. The Labute approximate surface area is 694 Å². The molecule has 6 aromatic carbocycles. The summed E-state index contributed by atoms with van der Waals surface area (Å²) in [5, 5.41) is 124. The minimum absolute atomic E-state index is 0.0337. The quantitative estimate of drug-likeness (QED) is 0.0453. The monoisotopic (exact) mass is 1680 g/mol. The van der Waals surface area contributed by atoms with E-state index in [2.05, 4.69) is 58.5 Å². The summed E-state index contributed by atoms with van der Waals surface area (Å²) in [4.78, 5) is 139.